The molecule has 2 aromatic rings. The molecule has 0 heterocycles. The van der Waals surface area contributed by atoms with Crippen molar-refractivity contribution in [3.8, 4) is 0 Å². The van der Waals surface area contributed by atoms with Crippen molar-refractivity contribution in [1.29, 1.82) is 0 Å². The SMILES string of the molecule is CC(=O)O[C@@H]1CC[C@@]2(C)[C@H](CC[C@@H]3[C@@H]2C[C@H](OC(C)=O)[C@]2(C)[C@@H]([C@@H](C)CC=C(c4ccccc4)c4ccccc4)CC[C@@H]32)C1. The van der Waals surface area contributed by atoms with Crippen LogP contribution in [0.25, 0.3) is 5.57 Å². The molecule has 0 saturated heterocycles. The molecule has 0 unspecified atom stereocenters. The summed E-state index contributed by atoms with van der Waals surface area (Å²) in [6, 6.07) is 21.5. The minimum absolute atomic E-state index is 0.0160. The van der Waals surface area contributed by atoms with Gasteiger partial charge in [0.05, 0.1) is 0 Å². The van der Waals surface area contributed by atoms with Gasteiger partial charge >= 0.3 is 11.9 Å². The van der Waals surface area contributed by atoms with Crippen LogP contribution in [0.1, 0.15) is 104 Å². The number of allylic oxidation sites excluding steroid dienone is 1. The van der Waals surface area contributed by atoms with E-state index < -0.39 is 0 Å². The molecule has 4 aliphatic rings. The van der Waals surface area contributed by atoms with E-state index in [-0.39, 0.29) is 35.0 Å². The van der Waals surface area contributed by atoms with Crippen molar-refractivity contribution < 1.29 is 19.1 Å². The van der Waals surface area contributed by atoms with Gasteiger partial charge in [0, 0.05) is 19.3 Å². The van der Waals surface area contributed by atoms with Gasteiger partial charge in [-0.15, -0.1) is 0 Å². The predicted molar refractivity (Wildman–Crippen MR) is 175 cm³/mol. The van der Waals surface area contributed by atoms with Gasteiger partial charge < -0.3 is 9.47 Å². The molecule has 4 aliphatic carbocycles. The lowest BCUT2D eigenvalue weighted by atomic mass is 9.43. The molecule has 44 heavy (non-hydrogen) atoms. The maximum Gasteiger partial charge on any atom is 0.302 e. The Morgan fingerprint density at radius 3 is 2.07 bits per heavy atom. The Hall–Kier alpha value is -2.88. The van der Waals surface area contributed by atoms with Gasteiger partial charge in [-0.2, -0.15) is 0 Å². The molecule has 0 aliphatic heterocycles. The van der Waals surface area contributed by atoms with Crippen LogP contribution in [-0.2, 0) is 19.1 Å². The molecular weight excluding hydrogens is 544 g/mol. The average molecular weight is 597 g/mol. The standard InChI is InChI=1S/C40H52O4/c1-26(16-18-33(29-12-8-6-9-13-29)30-14-10-7-11-15-30)35-20-21-36-34-19-17-31-24-32(43-27(2)41)22-23-39(31,4)37(34)25-38(40(35,36)5)44-28(3)42/h6-15,18,26,31-32,34-38H,16-17,19-25H2,1-5H3/t26-,31+,32+,34-,35+,36-,37-,38-,39-,40+/m0/s1. The molecule has 0 bridgehead atoms. The van der Waals surface area contributed by atoms with Crippen LogP contribution in [0.3, 0.4) is 0 Å². The molecule has 4 saturated carbocycles. The lowest BCUT2D eigenvalue weighted by Crippen LogP contribution is -2.59. The first-order chi connectivity index (χ1) is 21.1. The lowest BCUT2D eigenvalue weighted by molar-refractivity contribution is -0.197. The molecule has 4 nitrogen and oxygen atoms in total. The second-order valence-corrected chi connectivity index (χ2v) is 15.1. The molecule has 10 atom stereocenters. The van der Waals surface area contributed by atoms with E-state index in [1.165, 1.54) is 49.3 Å². The Kier molecular flexibility index (Phi) is 8.83. The van der Waals surface area contributed by atoms with Crippen LogP contribution in [-0.4, -0.2) is 24.1 Å². The van der Waals surface area contributed by atoms with Gasteiger partial charge in [-0.25, -0.2) is 0 Å². The molecule has 0 radical (unpaired) electrons. The number of carbonyl (C=O) groups is 2. The van der Waals surface area contributed by atoms with E-state index in [4.69, 9.17) is 9.47 Å². The van der Waals surface area contributed by atoms with Crippen LogP contribution in [0, 0.1) is 46.3 Å². The number of rotatable bonds is 7. The minimum Gasteiger partial charge on any atom is -0.463 e. The summed E-state index contributed by atoms with van der Waals surface area (Å²) in [5, 5.41) is 0. The minimum atomic E-state index is -0.156. The van der Waals surface area contributed by atoms with Gasteiger partial charge in [-0.1, -0.05) is 87.5 Å². The van der Waals surface area contributed by atoms with Crippen LogP contribution < -0.4 is 0 Å². The van der Waals surface area contributed by atoms with E-state index in [9.17, 15) is 9.59 Å². The first-order valence-electron chi connectivity index (χ1n) is 17.3. The number of esters is 2. The molecule has 0 N–H and O–H groups in total. The number of benzene rings is 2. The number of ether oxygens (including phenoxy) is 2. The Morgan fingerprint density at radius 2 is 1.45 bits per heavy atom. The van der Waals surface area contributed by atoms with Crippen molar-refractivity contribution in [2.75, 3.05) is 0 Å². The fraction of sp³-hybridized carbons (Fsp3) is 0.600. The summed E-state index contributed by atoms with van der Waals surface area (Å²) in [5.74, 6) is 3.07. The Bertz CT molecular complexity index is 1310. The summed E-state index contributed by atoms with van der Waals surface area (Å²) in [4.78, 5) is 24.4. The van der Waals surface area contributed by atoms with Crippen molar-refractivity contribution >= 4 is 17.5 Å². The summed E-state index contributed by atoms with van der Waals surface area (Å²) < 4.78 is 12.1. The second-order valence-electron chi connectivity index (χ2n) is 15.1. The van der Waals surface area contributed by atoms with Crippen molar-refractivity contribution in [2.45, 2.75) is 105 Å². The zero-order valence-corrected chi connectivity index (χ0v) is 27.5. The zero-order chi connectivity index (χ0) is 31.1. The summed E-state index contributed by atoms with van der Waals surface area (Å²) in [6.07, 6.45) is 12.4. The fourth-order valence-electron chi connectivity index (χ4n) is 10.9. The zero-order valence-electron chi connectivity index (χ0n) is 27.5. The average Bonchev–Trinajstić information content (AvgIpc) is 3.37. The number of carbonyl (C=O) groups excluding carboxylic acids is 2. The third kappa shape index (κ3) is 5.67. The van der Waals surface area contributed by atoms with Gasteiger partial charge in [0.2, 0.25) is 0 Å². The number of hydrogen-bond donors (Lipinski definition) is 0. The van der Waals surface area contributed by atoms with Gasteiger partial charge in [0.1, 0.15) is 12.2 Å². The third-order valence-electron chi connectivity index (χ3n) is 13.0. The van der Waals surface area contributed by atoms with Crippen molar-refractivity contribution in [3.63, 3.8) is 0 Å². The third-order valence-corrected chi connectivity index (χ3v) is 13.0. The smallest absolute Gasteiger partial charge is 0.302 e. The maximum absolute atomic E-state index is 12.6. The molecule has 4 heteroatoms. The van der Waals surface area contributed by atoms with Crippen molar-refractivity contribution in [3.05, 3.63) is 77.9 Å². The van der Waals surface area contributed by atoms with E-state index in [0.29, 0.717) is 35.5 Å². The van der Waals surface area contributed by atoms with E-state index in [0.717, 1.165) is 32.1 Å². The molecule has 6 rings (SSSR count). The van der Waals surface area contributed by atoms with E-state index in [1.807, 2.05) is 0 Å². The van der Waals surface area contributed by atoms with Gasteiger partial charge in [0.25, 0.3) is 0 Å². The van der Waals surface area contributed by atoms with Crippen molar-refractivity contribution in [2.24, 2.45) is 46.3 Å². The molecule has 0 aromatic heterocycles. The van der Waals surface area contributed by atoms with E-state index >= 15 is 0 Å². The molecule has 236 valence electrons. The summed E-state index contributed by atoms with van der Waals surface area (Å²) in [6.45, 7) is 10.6. The Morgan fingerprint density at radius 1 is 0.818 bits per heavy atom. The summed E-state index contributed by atoms with van der Waals surface area (Å²) in [5.41, 5.74) is 4.01. The second kappa shape index (κ2) is 12.5. The molecule has 2 aromatic carbocycles. The highest BCUT2D eigenvalue weighted by Gasteiger charge is 2.65. The maximum atomic E-state index is 12.6. The van der Waals surface area contributed by atoms with Gasteiger partial charge in [-0.05, 0) is 115 Å². The molecule has 4 fully saturated rings. The first kappa shape index (κ1) is 31.1. The molecule has 0 amide bonds. The largest absolute Gasteiger partial charge is 0.463 e. The van der Waals surface area contributed by atoms with Crippen LogP contribution in [0.2, 0.25) is 0 Å². The highest BCUT2D eigenvalue weighted by Crippen LogP contribution is 2.69. The summed E-state index contributed by atoms with van der Waals surface area (Å²) in [7, 11) is 0. The number of hydrogen-bond acceptors (Lipinski definition) is 4. The Balaban J connectivity index is 1.26. The fourth-order valence-corrected chi connectivity index (χ4v) is 10.9. The molecular formula is C40H52O4. The Labute approximate surface area is 265 Å². The first-order valence-corrected chi connectivity index (χ1v) is 17.3. The van der Waals surface area contributed by atoms with Crippen LogP contribution in [0.5, 0.6) is 0 Å². The quantitative estimate of drug-likeness (QED) is 0.299. The normalized spacial score (nSPS) is 36.6. The molecule has 0 spiro atoms. The van der Waals surface area contributed by atoms with Gasteiger partial charge in [0.15, 0.2) is 0 Å². The van der Waals surface area contributed by atoms with Crippen LogP contribution >= 0.6 is 0 Å². The van der Waals surface area contributed by atoms with E-state index in [2.05, 4.69) is 87.5 Å². The monoisotopic (exact) mass is 596 g/mol. The lowest BCUT2D eigenvalue weighted by Gasteiger charge is -2.62. The summed E-state index contributed by atoms with van der Waals surface area (Å²) >= 11 is 0. The van der Waals surface area contributed by atoms with Gasteiger partial charge in [-0.3, -0.25) is 9.59 Å². The van der Waals surface area contributed by atoms with E-state index in [1.54, 1.807) is 6.92 Å². The number of fused-ring (bicyclic) bond motifs is 5. The highest BCUT2D eigenvalue weighted by molar-refractivity contribution is 5.79. The van der Waals surface area contributed by atoms with Crippen LogP contribution in [0.4, 0.5) is 0 Å². The van der Waals surface area contributed by atoms with Crippen LogP contribution in [0.15, 0.2) is 66.7 Å². The predicted octanol–water partition coefficient (Wildman–Crippen LogP) is 9.28. The topological polar surface area (TPSA) is 52.6 Å². The van der Waals surface area contributed by atoms with Crippen molar-refractivity contribution in [1.82, 2.24) is 0 Å². The highest BCUT2D eigenvalue weighted by atomic mass is 16.5.